The average molecular weight is 287 g/mol. The first-order valence-electron chi connectivity index (χ1n) is 5.26. The molecule has 0 atom stereocenters. The molecule has 0 N–H and O–H groups in total. The third-order valence-electron chi connectivity index (χ3n) is 1.91. The maximum Gasteiger partial charge on any atom is 0.344 e. The summed E-state index contributed by atoms with van der Waals surface area (Å²) in [5.41, 5.74) is 0. The van der Waals surface area contributed by atoms with Crippen molar-refractivity contribution in [2.24, 2.45) is 0 Å². The molecule has 3 nitrogen and oxygen atoms in total. The summed E-state index contributed by atoms with van der Waals surface area (Å²) in [6, 6.07) is 7.34. The third-order valence-corrected chi connectivity index (χ3v) is 2.41. The molecule has 0 amide bonds. The van der Waals surface area contributed by atoms with Gasteiger partial charge in [-0.05, 0) is 24.6 Å². The van der Waals surface area contributed by atoms with Gasteiger partial charge in [-0.2, -0.15) is 0 Å². The molecule has 0 aliphatic rings. The predicted octanol–water partition coefficient (Wildman–Crippen LogP) is 3.17. The van der Waals surface area contributed by atoms with E-state index in [2.05, 4.69) is 15.9 Å². The van der Waals surface area contributed by atoms with Crippen LogP contribution in [0.3, 0.4) is 0 Å². The smallest absolute Gasteiger partial charge is 0.344 e. The Morgan fingerprint density at radius 3 is 2.94 bits per heavy atom. The normalized spacial score (nSPS) is 9.88. The van der Waals surface area contributed by atoms with Crippen molar-refractivity contribution in [3.05, 3.63) is 28.7 Å². The minimum Gasteiger partial charge on any atom is -0.482 e. The van der Waals surface area contributed by atoms with Gasteiger partial charge in [0.05, 0.1) is 6.61 Å². The second kappa shape index (κ2) is 7.28. The van der Waals surface area contributed by atoms with Crippen LogP contribution in [0, 0.1) is 0 Å². The van der Waals surface area contributed by atoms with E-state index in [-0.39, 0.29) is 12.6 Å². The largest absolute Gasteiger partial charge is 0.482 e. The molecule has 0 spiro atoms. The van der Waals surface area contributed by atoms with Gasteiger partial charge in [-0.25, -0.2) is 4.79 Å². The van der Waals surface area contributed by atoms with Gasteiger partial charge in [-0.1, -0.05) is 35.3 Å². The first kappa shape index (κ1) is 13.0. The summed E-state index contributed by atoms with van der Waals surface area (Å²) in [4.78, 5) is 11.2. The zero-order chi connectivity index (χ0) is 11.8. The molecule has 0 fully saturated rings. The molecule has 88 valence electrons. The van der Waals surface area contributed by atoms with Gasteiger partial charge in [0.15, 0.2) is 6.61 Å². The molecule has 0 radical (unpaired) electrons. The number of carbonyl (C=O) groups is 1. The number of rotatable bonds is 6. The zero-order valence-electron chi connectivity index (χ0n) is 9.24. The summed E-state index contributed by atoms with van der Waals surface area (Å²) in [6.07, 6.45) is 1.91. The Kier molecular flexibility index (Phi) is 5.93. The van der Waals surface area contributed by atoms with Gasteiger partial charge in [-0.3, -0.25) is 0 Å². The van der Waals surface area contributed by atoms with Crippen LogP contribution >= 0.6 is 15.9 Å². The van der Waals surface area contributed by atoms with E-state index in [1.165, 1.54) is 0 Å². The summed E-state index contributed by atoms with van der Waals surface area (Å²) in [5.74, 6) is 0.329. The number of unbranched alkanes of at least 4 members (excludes halogenated alkanes) is 1. The highest BCUT2D eigenvalue weighted by atomic mass is 79.9. The SMILES string of the molecule is CCCCOC(=O)COc1cccc(Br)c1. The van der Waals surface area contributed by atoms with Crippen LogP contribution in [-0.2, 0) is 9.53 Å². The topological polar surface area (TPSA) is 35.5 Å². The van der Waals surface area contributed by atoms with Crippen molar-refractivity contribution in [2.45, 2.75) is 19.8 Å². The van der Waals surface area contributed by atoms with E-state index in [1.54, 1.807) is 12.1 Å². The van der Waals surface area contributed by atoms with E-state index in [9.17, 15) is 4.79 Å². The minimum atomic E-state index is -0.326. The molecule has 0 heterocycles. The molecule has 0 aliphatic heterocycles. The van der Waals surface area contributed by atoms with Gasteiger partial charge in [0, 0.05) is 4.47 Å². The van der Waals surface area contributed by atoms with Crippen LogP contribution < -0.4 is 4.74 Å². The van der Waals surface area contributed by atoms with Crippen LogP contribution in [0.2, 0.25) is 0 Å². The predicted molar refractivity (Wildman–Crippen MR) is 65.5 cm³/mol. The number of halogens is 1. The fourth-order valence-corrected chi connectivity index (χ4v) is 1.45. The molecule has 16 heavy (non-hydrogen) atoms. The first-order valence-corrected chi connectivity index (χ1v) is 6.05. The minimum absolute atomic E-state index is 0.0415. The highest BCUT2D eigenvalue weighted by Gasteiger charge is 2.03. The summed E-state index contributed by atoms with van der Waals surface area (Å²) >= 11 is 3.32. The van der Waals surface area contributed by atoms with Crippen LogP contribution in [0.15, 0.2) is 28.7 Å². The first-order chi connectivity index (χ1) is 7.72. The van der Waals surface area contributed by atoms with E-state index in [0.717, 1.165) is 17.3 Å². The highest BCUT2D eigenvalue weighted by molar-refractivity contribution is 9.10. The number of esters is 1. The second-order valence-corrected chi connectivity index (χ2v) is 4.24. The molecule has 0 saturated carbocycles. The quantitative estimate of drug-likeness (QED) is 0.595. The van der Waals surface area contributed by atoms with Crippen LogP contribution in [-0.4, -0.2) is 19.2 Å². The molecule has 0 aliphatic carbocycles. The lowest BCUT2D eigenvalue weighted by Crippen LogP contribution is -2.15. The molecule has 0 bridgehead atoms. The Balaban J connectivity index is 2.26. The molecule has 1 aromatic rings. The summed E-state index contributed by atoms with van der Waals surface area (Å²) < 4.78 is 11.2. The standard InChI is InChI=1S/C12H15BrO3/c1-2-3-7-15-12(14)9-16-11-6-4-5-10(13)8-11/h4-6,8H,2-3,7,9H2,1H3. The van der Waals surface area contributed by atoms with Gasteiger partial charge >= 0.3 is 5.97 Å². The Labute approximate surface area is 104 Å². The molecular weight excluding hydrogens is 272 g/mol. The van der Waals surface area contributed by atoms with E-state index < -0.39 is 0 Å². The van der Waals surface area contributed by atoms with Gasteiger partial charge in [0.2, 0.25) is 0 Å². The molecule has 0 unspecified atom stereocenters. The second-order valence-electron chi connectivity index (χ2n) is 3.32. The third kappa shape index (κ3) is 5.16. The number of hydrogen-bond donors (Lipinski definition) is 0. The lowest BCUT2D eigenvalue weighted by atomic mass is 10.3. The van der Waals surface area contributed by atoms with Crippen LogP contribution in [0.5, 0.6) is 5.75 Å². The van der Waals surface area contributed by atoms with Crippen molar-refractivity contribution in [1.29, 1.82) is 0 Å². The van der Waals surface area contributed by atoms with Crippen molar-refractivity contribution < 1.29 is 14.3 Å². The number of ether oxygens (including phenoxy) is 2. The van der Waals surface area contributed by atoms with E-state index in [4.69, 9.17) is 9.47 Å². The number of hydrogen-bond acceptors (Lipinski definition) is 3. The van der Waals surface area contributed by atoms with Gasteiger partial charge in [-0.15, -0.1) is 0 Å². The van der Waals surface area contributed by atoms with Crippen molar-refractivity contribution in [3.63, 3.8) is 0 Å². The fourth-order valence-electron chi connectivity index (χ4n) is 1.07. The molecule has 1 rings (SSSR count). The Hall–Kier alpha value is -1.03. The molecular formula is C12H15BrO3. The summed E-state index contributed by atoms with van der Waals surface area (Å²) in [5, 5.41) is 0. The van der Waals surface area contributed by atoms with Crippen molar-refractivity contribution in [2.75, 3.05) is 13.2 Å². The van der Waals surface area contributed by atoms with Crippen molar-refractivity contribution in [3.8, 4) is 5.75 Å². The van der Waals surface area contributed by atoms with E-state index in [0.29, 0.717) is 12.4 Å². The van der Waals surface area contributed by atoms with Gasteiger partial charge < -0.3 is 9.47 Å². The average Bonchev–Trinajstić information content (AvgIpc) is 2.27. The monoisotopic (exact) mass is 286 g/mol. The maximum absolute atomic E-state index is 11.2. The Morgan fingerprint density at radius 2 is 2.25 bits per heavy atom. The van der Waals surface area contributed by atoms with E-state index >= 15 is 0 Å². The van der Waals surface area contributed by atoms with Crippen LogP contribution in [0.4, 0.5) is 0 Å². The molecule has 4 heteroatoms. The lowest BCUT2D eigenvalue weighted by Gasteiger charge is -2.06. The van der Waals surface area contributed by atoms with E-state index in [1.807, 2.05) is 19.1 Å². The lowest BCUT2D eigenvalue weighted by molar-refractivity contribution is -0.146. The highest BCUT2D eigenvalue weighted by Crippen LogP contribution is 2.17. The van der Waals surface area contributed by atoms with Crippen LogP contribution in [0.25, 0.3) is 0 Å². The number of carbonyl (C=O) groups excluding carboxylic acids is 1. The zero-order valence-corrected chi connectivity index (χ0v) is 10.8. The fraction of sp³-hybridized carbons (Fsp3) is 0.417. The van der Waals surface area contributed by atoms with Crippen molar-refractivity contribution >= 4 is 21.9 Å². The Morgan fingerprint density at radius 1 is 1.44 bits per heavy atom. The summed E-state index contributed by atoms with van der Waals surface area (Å²) in [7, 11) is 0. The Bertz CT molecular complexity index is 339. The van der Waals surface area contributed by atoms with Crippen molar-refractivity contribution in [1.82, 2.24) is 0 Å². The number of benzene rings is 1. The van der Waals surface area contributed by atoms with Gasteiger partial charge in [0.1, 0.15) is 5.75 Å². The van der Waals surface area contributed by atoms with Crippen LogP contribution in [0.1, 0.15) is 19.8 Å². The van der Waals surface area contributed by atoms with Gasteiger partial charge in [0.25, 0.3) is 0 Å². The molecule has 0 saturated heterocycles. The molecule has 1 aromatic carbocycles. The summed E-state index contributed by atoms with van der Waals surface area (Å²) in [6.45, 7) is 2.48. The maximum atomic E-state index is 11.2. The molecule has 0 aromatic heterocycles.